The molecule has 2 aromatic carbocycles. The predicted octanol–water partition coefficient (Wildman–Crippen LogP) is 4.10. The molecule has 2 atom stereocenters. The Hall–Kier alpha value is -1.65. The smallest absolute Gasteiger partial charge is 0.246 e. The number of carbonyl (C=O) groups is 1. The van der Waals surface area contributed by atoms with Crippen LogP contribution in [-0.4, -0.2) is 5.91 Å². The molecule has 1 aliphatic heterocycles. The number of carbonyl (C=O) groups excluding carboxylic acids is 1. The molecule has 2 unspecified atom stereocenters. The quantitative estimate of drug-likeness (QED) is 0.879. The Morgan fingerprint density at radius 1 is 1.24 bits per heavy atom. The Labute approximate surface area is 132 Å². The lowest BCUT2D eigenvalue weighted by Crippen LogP contribution is -2.30. The molecule has 0 saturated carbocycles. The molecule has 0 saturated heterocycles. The van der Waals surface area contributed by atoms with Crippen LogP contribution in [0.5, 0.6) is 0 Å². The number of fused-ring (bicyclic) bond motifs is 1. The van der Waals surface area contributed by atoms with Gasteiger partial charge < -0.3 is 5.32 Å². The molecule has 2 N–H and O–H groups in total. The van der Waals surface area contributed by atoms with Gasteiger partial charge in [-0.25, -0.2) is 0 Å². The molecule has 1 aliphatic rings. The largest absolute Gasteiger partial charge is 0.324 e. The monoisotopic (exact) mass is 344 g/mol. The van der Waals surface area contributed by atoms with Crippen LogP contribution < -0.4 is 10.6 Å². The number of aryl methyl sites for hydroxylation is 1. The molecule has 1 heterocycles. The number of benzene rings is 2. The third-order valence-corrected chi connectivity index (χ3v) is 4.41. The molecule has 0 fully saturated rings. The van der Waals surface area contributed by atoms with Gasteiger partial charge in [0, 0.05) is 21.8 Å². The van der Waals surface area contributed by atoms with E-state index < -0.39 is 0 Å². The van der Waals surface area contributed by atoms with Gasteiger partial charge >= 0.3 is 0 Å². The Kier molecular flexibility index (Phi) is 3.83. The third-order valence-electron chi connectivity index (χ3n) is 3.92. The number of hydrogen-bond acceptors (Lipinski definition) is 2. The summed E-state index contributed by atoms with van der Waals surface area (Å²) < 4.78 is 0.980. The van der Waals surface area contributed by atoms with Gasteiger partial charge in [-0.2, -0.15) is 0 Å². The molecular formula is C17H17BrN2O. The number of nitrogens with one attached hydrogen (secondary N) is 2. The van der Waals surface area contributed by atoms with Crippen molar-refractivity contribution in [1.29, 1.82) is 0 Å². The van der Waals surface area contributed by atoms with E-state index in [2.05, 4.69) is 52.5 Å². The summed E-state index contributed by atoms with van der Waals surface area (Å²) in [6, 6.07) is 13.9. The first-order chi connectivity index (χ1) is 10.1. The van der Waals surface area contributed by atoms with Gasteiger partial charge in [-0.15, -0.1) is 0 Å². The number of anilines is 1. The van der Waals surface area contributed by atoms with E-state index in [9.17, 15) is 4.79 Å². The third kappa shape index (κ3) is 2.74. The van der Waals surface area contributed by atoms with Crippen LogP contribution in [-0.2, 0) is 4.79 Å². The Morgan fingerprint density at radius 2 is 2.00 bits per heavy atom. The molecule has 0 spiro atoms. The van der Waals surface area contributed by atoms with Crippen molar-refractivity contribution >= 4 is 27.5 Å². The van der Waals surface area contributed by atoms with Crippen LogP contribution in [0.2, 0.25) is 0 Å². The summed E-state index contributed by atoms with van der Waals surface area (Å²) in [5.41, 5.74) is 4.33. The summed E-state index contributed by atoms with van der Waals surface area (Å²) in [6.45, 7) is 4.18. The molecular weight excluding hydrogens is 328 g/mol. The maximum atomic E-state index is 12.2. The van der Waals surface area contributed by atoms with Crippen molar-refractivity contribution in [3.05, 3.63) is 63.6 Å². The lowest BCUT2D eigenvalue weighted by molar-refractivity contribution is -0.117. The molecule has 3 rings (SSSR count). The van der Waals surface area contributed by atoms with Gasteiger partial charge in [-0.05, 0) is 43.2 Å². The minimum atomic E-state index is -0.313. The Balaban J connectivity index is 1.87. The first kappa shape index (κ1) is 14.3. The van der Waals surface area contributed by atoms with E-state index in [0.717, 1.165) is 15.7 Å². The predicted molar refractivity (Wildman–Crippen MR) is 88.2 cm³/mol. The second-order valence-corrected chi connectivity index (χ2v) is 6.31. The van der Waals surface area contributed by atoms with Crippen molar-refractivity contribution in [2.24, 2.45) is 0 Å². The van der Waals surface area contributed by atoms with Gasteiger partial charge in [0.2, 0.25) is 5.91 Å². The van der Waals surface area contributed by atoms with Gasteiger partial charge in [0.25, 0.3) is 0 Å². The molecule has 3 nitrogen and oxygen atoms in total. The SMILES string of the molecule is Cc1ccccc1C(C)NC1C(=O)Nc2ccc(Br)cc21. The van der Waals surface area contributed by atoms with Crippen LogP contribution >= 0.6 is 15.9 Å². The van der Waals surface area contributed by atoms with Gasteiger partial charge in [0.1, 0.15) is 6.04 Å². The summed E-state index contributed by atoms with van der Waals surface area (Å²) in [5.74, 6) is 0.00327. The van der Waals surface area contributed by atoms with Crippen molar-refractivity contribution in [3.8, 4) is 0 Å². The second-order valence-electron chi connectivity index (χ2n) is 5.40. The molecule has 4 heteroatoms. The number of amides is 1. The lowest BCUT2D eigenvalue weighted by atomic mass is 10.0. The first-order valence-corrected chi connectivity index (χ1v) is 7.77. The lowest BCUT2D eigenvalue weighted by Gasteiger charge is -2.20. The topological polar surface area (TPSA) is 41.1 Å². The van der Waals surface area contributed by atoms with Crippen molar-refractivity contribution in [1.82, 2.24) is 5.32 Å². The van der Waals surface area contributed by atoms with E-state index in [0.29, 0.717) is 0 Å². The fraction of sp³-hybridized carbons (Fsp3) is 0.235. The molecule has 1 amide bonds. The fourth-order valence-corrected chi connectivity index (χ4v) is 3.19. The van der Waals surface area contributed by atoms with Gasteiger partial charge in [-0.1, -0.05) is 40.2 Å². The highest BCUT2D eigenvalue weighted by molar-refractivity contribution is 9.10. The van der Waals surface area contributed by atoms with Crippen LogP contribution in [0.25, 0.3) is 0 Å². The zero-order valence-corrected chi connectivity index (χ0v) is 13.6. The minimum Gasteiger partial charge on any atom is -0.324 e. The van der Waals surface area contributed by atoms with Crippen LogP contribution in [0, 0.1) is 6.92 Å². The highest BCUT2D eigenvalue weighted by Gasteiger charge is 2.31. The average Bonchev–Trinajstić information content (AvgIpc) is 2.75. The zero-order chi connectivity index (χ0) is 15.0. The van der Waals surface area contributed by atoms with E-state index in [1.165, 1.54) is 11.1 Å². The average molecular weight is 345 g/mol. The maximum Gasteiger partial charge on any atom is 0.246 e. The van der Waals surface area contributed by atoms with Gasteiger partial charge in [-0.3, -0.25) is 10.1 Å². The Morgan fingerprint density at radius 3 is 2.76 bits per heavy atom. The molecule has 0 bridgehead atoms. The van der Waals surface area contributed by atoms with Crippen molar-refractivity contribution in [3.63, 3.8) is 0 Å². The van der Waals surface area contributed by atoms with E-state index in [-0.39, 0.29) is 18.0 Å². The highest BCUT2D eigenvalue weighted by atomic mass is 79.9. The summed E-state index contributed by atoms with van der Waals surface area (Å²) in [4.78, 5) is 12.2. The van der Waals surface area contributed by atoms with Crippen molar-refractivity contribution < 1.29 is 4.79 Å². The molecule has 0 radical (unpaired) electrons. The molecule has 0 aliphatic carbocycles. The normalized spacial score (nSPS) is 18.2. The summed E-state index contributed by atoms with van der Waals surface area (Å²) in [5, 5.41) is 6.36. The minimum absolute atomic E-state index is 0.00327. The zero-order valence-electron chi connectivity index (χ0n) is 12.0. The summed E-state index contributed by atoms with van der Waals surface area (Å²) in [7, 11) is 0. The molecule has 0 aromatic heterocycles. The first-order valence-electron chi connectivity index (χ1n) is 6.98. The van der Waals surface area contributed by atoms with Crippen LogP contribution in [0.15, 0.2) is 46.9 Å². The van der Waals surface area contributed by atoms with E-state index in [4.69, 9.17) is 0 Å². The van der Waals surface area contributed by atoms with Gasteiger partial charge in [0.15, 0.2) is 0 Å². The van der Waals surface area contributed by atoms with Crippen molar-refractivity contribution in [2.45, 2.75) is 25.9 Å². The van der Waals surface area contributed by atoms with Crippen molar-refractivity contribution in [2.75, 3.05) is 5.32 Å². The van der Waals surface area contributed by atoms with Gasteiger partial charge in [0.05, 0.1) is 0 Å². The highest BCUT2D eigenvalue weighted by Crippen LogP contribution is 2.34. The van der Waals surface area contributed by atoms with E-state index >= 15 is 0 Å². The van der Waals surface area contributed by atoms with E-state index in [1.54, 1.807) is 0 Å². The molecule has 21 heavy (non-hydrogen) atoms. The Bertz CT molecular complexity index is 699. The molecule has 108 valence electrons. The van der Waals surface area contributed by atoms with Crippen LogP contribution in [0.4, 0.5) is 5.69 Å². The molecule has 2 aromatic rings. The van der Waals surface area contributed by atoms with Crippen LogP contribution in [0.1, 0.15) is 35.7 Å². The number of hydrogen-bond donors (Lipinski definition) is 2. The summed E-state index contributed by atoms with van der Waals surface area (Å²) >= 11 is 3.47. The fourth-order valence-electron chi connectivity index (χ4n) is 2.81. The maximum absolute atomic E-state index is 12.2. The number of rotatable bonds is 3. The number of halogens is 1. The standard InChI is InChI=1S/C17H17BrN2O/c1-10-5-3-4-6-13(10)11(2)19-16-14-9-12(18)7-8-15(14)20-17(16)21/h3-9,11,16,19H,1-2H3,(H,20,21). The van der Waals surface area contributed by atoms with E-state index in [1.807, 2.05) is 30.3 Å². The second kappa shape index (κ2) is 5.62. The summed E-state index contributed by atoms with van der Waals surface area (Å²) in [6.07, 6.45) is 0. The van der Waals surface area contributed by atoms with Crippen LogP contribution in [0.3, 0.4) is 0 Å².